The molecular weight excluding hydrogens is 208 g/mol. The van der Waals surface area contributed by atoms with Gasteiger partial charge in [-0.1, -0.05) is 56.3 Å². The van der Waals surface area contributed by atoms with Crippen LogP contribution >= 0.6 is 0 Å². The van der Waals surface area contributed by atoms with Crippen LogP contribution in [-0.2, 0) is 0 Å². The maximum absolute atomic E-state index is 9.30. The normalized spacial score (nSPS) is 12.4. The van der Waals surface area contributed by atoms with Crippen molar-refractivity contribution in [3.63, 3.8) is 0 Å². The Bertz CT molecular complexity index is 538. The number of hydrogen-bond donors (Lipinski definition) is 1. The zero-order valence-electron chi connectivity index (χ0n) is 10.4. The van der Waals surface area contributed by atoms with Crippen LogP contribution in [0.1, 0.15) is 19.4 Å². The summed E-state index contributed by atoms with van der Waals surface area (Å²) in [6, 6.07) is 14.7. The lowest BCUT2D eigenvalue weighted by Crippen LogP contribution is -1.98. The average molecular weight is 226 g/mol. The predicted molar refractivity (Wildman–Crippen MR) is 73.8 cm³/mol. The summed E-state index contributed by atoms with van der Waals surface area (Å²) >= 11 is 0. The Morgan fingerprint density at radius 1 is 1.12 bits per heavy atom. The van der Waals surface area contributed by atoms with Gasteiger partial charge in [-0.25, -0.2) is 0 Å². The summed E-state index contributed by atoms with van der Waals surface area (Å²) in [4.78, 5) is 0. The first kappa shape index (κ1) is 11.9. The highest BCUT2D eigenvalue weighted by molar-refractivity contribution is 5.84. The van der Waals surface area contributed by atoms with Gasteiger partial charge in [-0.15, -0.1) is 0 Å². The van der Waals surface area contributed by atoms with E-state index in [1.165, 1.54) is 10.8 Å². The van der Waals surface area contributed by atoms with Crippen LogP contribution < -0.4 is 0 Å². The second kappa shape index (κ2) is 5.15. The van der Waals surface area contributed by atoms with E-state index in [1.807, 2.05) is 12.1 Å². The zero-order valence-corrected chi connectivity index (χ0v) is 10.4. The van der Waals surface area contributed by atoms with Crippen molar-refractivity contribution in [2.24, 2.45) is 5.92 Å². The number of rotatable bonds is 3. The van der Waals surface area contributed by atoms with E-state index in [-0.39, 0.29) is 6.61 Å². The molecule has 0 spiro atoms. The van der Waals surface area contributed by atoms with E-state index in [0.717, 1.165) is 11.1 Å². The second-order valence-corrected chi connectivity index (χ2v) is 4.64. The Balaban J connectivity index is 2.43. The van der Waals surface area contributed by atoms with Crippen LogP contribution in [0.5, 0.6) is 0 Å². The van der Waals surface area contributed by atoms with Gasteiger partial charge in [0.25, 0.3) is 0 Å². The van der Waals surface area contributed by atoms with E-state index >= 15 is 0 Å². The molecule has 1 N–H and O–H groups in total. The summed E-state index contributed by atoms with van der Waals surface area (Å²) in [5.41, 5.74) is 2.22. The first-order valence-corrected chi connectivity index (χ1v) is 6.01. The molecule has 2 aromatic rings. The molecule has 0 aromatic heterocycles. The second-order valence-electron chi connectivity index (χ2n) is 4.64. The third-order valence-electron chi connectivity index (χ3n) is 3.05. The van der Waals surface area contributed by atoms with Gasteiger partial charge in [-0.2, -0.15) is 0 Å². The molecule has 2 aromatic carbocycles. The van der Waals surface area contributed by atoms with Crippen molar-refractivity contribution in [2.75, 3.05) is 6.61 Å². The van der Waals surface area contributed by atoms with Crippen molar-refractivity contribution in [3.8, 4) is 0 Å². The Morgan fingerprint density at radius 3 is 2.47 bits per heavy atom. The van der Waals surface area contributed by atoms with Crippen LogP contribution in [0.15, 0.2) is 48.0 Å². The molecule has 1 nitrogen and oxygen atoms in total. The standard InChI is InChI=1S/C16H18O/c1-12(2)16(11-17)10-13-7-8-14-5-3-4-6-15(14)9-13/h3-10,12,17H,11H2,1-2H3. The van der Waals surface area contributed by atoms with Crippen molar-refractivity contribution < 1.29 is 5.11 Å². The highest BCUT2D eigenvalue weighted by atomic mass is 16.3. The number of benzene rings is 2. The quantitative estimate of drug-likeness (QED) is 0.842. The molecule has 2 rings (SSSR count). The SMILES string of the molecule is CC(C)C(=Cc1ccc2ccccc2c1)CO. The lowest BCUT2D eigenvalue weighted by Gasteiger charge is -2.08. The topological polar surface area (TPSA) is 20.2 Å². The highest BCUT2D eigenvalue weighted by Crippen LogP contribution is 2.19. The number of aliphatic hydroxyl groups is 1. The largest absolute Gasteiger partial charge is 0.392 e. The molecule has 0 aliphatic carbocycles. The van der Waals surface area contributed by atoms with Crippen LogP contribution in [-0.4, -0.2) is 11.7 Å². The van der Waals surface area contributed by atoms with Gasteiger partial charge >= 0.3 is 0 Å². The fourth-order valence-electron chi connectivity index (χ4n) is 1.91. The van der Waals surface area contributed by atoms with Crippen molar-refractivity contribution >= 4 is 16.8 Å². The molecule has 0 atom stereocenters. The Hall–Kier alpha value is -1.60. The summed E-state index contributed by atoms with van der Waals surface area (Å²) in [7, 11) is 0. The monoisotopic (exact) mass is 226 g/mol. The summed E-state index contributed by atoms with van der Waals surface area (Å²) in [5.74, 6) is 0.381. The van der Waals surface area contributed by atoms with E-state index in [9.17, 15) is 5.11 Å². The molecule has 0 aliphatic heterocycles. The average Bonchev–Trinajstić information content (AvgIpc) is 2.35. The van der Waals surface area contributed by atoms with E-state index in [0.29, 0.717) is 5.92 Å². The smallest absolute Gasteiger partial charge is 0.0647 e. The van der Waals surface area contributed by atoms with E-state index in [1.54, 1.807) is 0 Å². The Morgan fingerprint density at radius 2 is 1.82 bits per heavy atom. The maximum Gasteiger partial charge on any atom is 0.0647 e. The van der Waals surface area contributed by atoms with Crippen LogP contribution in [0.2, 0.25) is 0 Å². The molecule has 88 valence electrons. The van der Waals surface area contributed by atoms with Crippen molar-refractivity contribution in [1.82, 2.24) is 0 Å². The summed E-state index contributed by atoms with van der Waals surface area (Å²) < 4.78 is 0. The molecule has 0 saturated carbocycles. The fraction of sp³-hybridized carbons (Fsp3) is 0.250. The predicted octanol–water partition coefficient (Wildman–Crippen LogP) is 3.87. The summed E-state index contributed by atoms with van der Waals surface area (Å²) in [6.45, 7) is 4.33. The molecule has 1 heteroatoms. The maximum atomic E-state index is 9.30. The molecule has 0 saturated heterocycles. The van der Waals surface area contributed by atoms with Gasteiger partial charge in [0.15, 0.2) is 0 Å². The minimum absolute atomic E-state index is 0.129. The molecule has 0 unspecified atom stereocenters. The first-order chi connectivity index (χ1) is 8.20. The molecule has 0 heterocycles. The molecular formula is C16H18O. The molecule has 0 amide bonds. The van der Waals surface area contributed by atoms with Crippen molar-refractivity contribution in [1.29, 1.82) is 0 Å². The fourth-order valence-corrected chi connectivity index (χ4v) is 1.91. The molecule has 0 fully saturated rings. The minimum atomic E-state index is 0.129. The first-order valence-electron chi connectivity index (χ1n) is 6.01. The zero-order chi connectivity index (χ0) is 12.3. The molecule has 0 aliphatic rings. The van der Waals surface area contributed by atoms with Gasteiger partial charge in [0.1, 0.15) is 0 Å². The molecule has 0 radical (unpaired) electrons. The summed E-state index contributed by atoms with van der Waals surface area (Å²) in [5, 5.41) is 11.8. The van der Waals surface area contributed by atoms with Gasteiger partial charge in [-0.05, 0) is 33.9 Å². The van der Waals surface area contributed by atoms with Crippen molar-refractivity contribution in [3.05, 3.63) is 53.6 Å². The van der Waals surface area contributed by atoms with Gasteiger partial charge < -0.3 is 5.11 Å². The number of hydrogen-bond acceptors (Lipinski definition) is 1. The van der Waals surface area contributed by atoms with E-state index in [2.05, 4.69) is 50.3 Å². The van der Waals surface area contributed by atoms with Crippen LogP contribution in [0.4, 0.5) is 0 Å². The van der Waals surface area contributed by atoms with Gasteiger partial charge in [0.05, 0.1) is 6.61 Å². The van der Waals surface area contributed by atoms with Gasteiger partial charge in [0.2, 0.25) is 0 Å². The Kier molecular flexibility index (Phi) is 3.60. The van der Waals surface area contributed by atoms with Gasteiger partial charge in [-0.3, -0.25) is 0 Å². The van der Waals surface area contributed by atoms with Crippen molar-refractivity contribution in [2.45, 2.75) is 13.8 Å². The van der Waals surface area contributed by atoms with Crippen LogP contribution in [0.3, 0.4) is 0 Å². The lowest BCUT2D eigenvalue weighted by atomic mass is 9.99. The van der Waals surface area contributed by atoms with Crippen LogP contribution in [0, 0.1) is 5.92 Å². The molecule has 0 bridgehead atoms. The van der Waals surface area contributed by atoms with Crippen LogP contribution in [0.25, 0.3) is 16.8 Å². The minimum Gasteiger partial charge on any atom is -0.392 e. The number of aliphatic hydroxyl groups excluding tert-OH is 1. The highest BCUT2D eigenvalue weighted by Gasteiger charge is 2.02. The van der Waals surface area contributed by atoms with E-state index in [4.69, 9.17) is 0 Å². The number of fused-ring (bicyclic) bond motifs is 1. The Labute approximate surface area is 102 Å². The third-order valence-corrected chi connectivity index (χ3v) is 3.05. The van der Waals surface area contributed by atoms with E-state index < -0.39 is 0 Å². The third kappa shape index (κ3) is 2.75. The molecule has 17 heavy (non-hydrogen) atoms. The van der Waals surface area contributed by atoms with Gasteiger partial charge in [0, 0.05) is 0 Å². The lowest BCUT2D eigenvalue weighted by molar-refractivity contribution is 0.320. The summed E-state index contributed by atoms with van der Waals surface area (Å²) in [6.07, 6.45) is 2.08.